The first-order valence-corrected chi connectivity index (χ1v) is 10.6. The van der Waals surface area contributed by atoms with Gasteiger partial charge >= 0.3 is 0 Å². The second kappa shape index (κ2) is 8.81. The third-order valence-electron chi connectivity index (χ3n) is 4.95. The lowest BCUT2D eigenvalue weighted by Gasteiger charge is -2.13. The van der Waals surface area contributed by atoms with Gasteiger partial charge in [-0.1, -0.05) is 0 Å². The molecule has 4 rings (SSSR count). The van der Waals surface area contributed by atoms with Gasteiger partial charge in [0.1, 0.15) is 11.6 Å². The number of anilines is 1. The molecule has 0 atom stereocenters. The maximum absolute atomic E-state index is 12.8. The summed E-state index contributed by atoms with van der Waals surface area (Å²) in [5, 5.41) is 7.11. The molecule has 0 fully saturated rings. The van der Waals surface area contributed by atoms with Crippen LogP contribution in [-0.2, 0) is 6.42 Å². The molecule has 0 aromatic carbocycles. The van der Waals surface area contributed by atoms with Gasteiger partial charge in [-0.25, -0.2) is 10.4 Å². The van der Waals surface area contributed by atoms with Crippen LogP contribution in [0, 0.1) is 13.8 Å². The van der Waals surface area contributed by atoms with Crippen LogP contribution in [0.3, 0.4) is 0 Å². The highest BCUT2D eigenvalue weighted by atomic mass is 79.9. The van der Waals surface area contributed by atoms with E-state index in [0.717, 1.165) is 17.5 Å². The van der Waals surface area contributed by atoms with Crippen molar-refractivity contribution in [3.63, 3.8) is 0 Å². The number of rotatable bonds is 4. The summed E-state index contributed by atoms with van der Waals surface area (Å²) in [6, 6.07) is 5.31. The third-order valence-corrected chi connectivity index (χ3v) is 5.38. The zero-order valence-corrected chi connectivity index (χ0v) is 18.6. The molecular weight excluding hydrogens is 462 g/mol. The first-order valence-electron chi connectivity index (χ1n) is 9.76. The van der Waals surface area contributed by atoms with Crippen LogP contribution in [0.25, 0.3) is 0 Å². The fraction of sp³-hybridized carbons (Fsp3) is 0.227. The molecule has 8 nitrogen and oxygen atoms in total. The summed E-state index contributed by atoms with van der Waals surface area (Å²) in [7, 11) is 0. The molecule has 3 aromatic rings. The van der Waals surface area contributed by atoms with E-state index in [1.165, 1.54) is 6.20 Å². The second-order valence-corrected chi connectivity index (χ2v) is 8.19. The molecule has 0 saturated carbocycles. The van der Waals surface area contributed by atoms with Crippen molar-refractivity contribution in [2.75, 3.05) is 5.32 Å². The Morgan fingerprint density at radius 2 is 2.00 bits per heavy atom. The van der Waals surface area contributed by atoms with Crippen molar-refractivity contribution in [1.29, 1.82) is 0 Å². The van der Waals surface area contributed by atoms with Crippen LogP contribution in [0.2, 0.25) is 0 Å². The predicted molar refractivity (Wildman–Crippen MR) is 119 cm³/mol. The lowest BCUT2D eigenvalue weighted by Crippen LogP contribution is -2.22. The van der Waals surface area contributed by atoms with E-state index >= 15 is 0 Å². The van der Waals surface area contributed by atoms with Crippen molar-refractivity contribution in [2.24, 2.45) is 5.10 Å². The van der Waals surface area contributed by atoms with Gasteiger partial charge in [0, 0.05) is 40.6 Å². The van der Waals surface area contributed by atoms with Crippen molar-refractivity contribution in [3.8, 4) is 0 Å². The van der Waals surface area contributed by atoms with Gasteiger partial charge in [-0.2, -0.15) is 5.10 Å². The Bertz CT molecular complexity index is 1200. The fourth-order valence-corrected chi connectivity index (χ4v) is 3.86. The number of aromatic nitrogens is 2. The Kier molecular flexibility index (Phi) is 5.94. The van der Waals surface area contributed by atoms with Crippen molar-refractivity contribution < 1.29 is 14.0 Å². The van der Waals surface area contributed by atoms with E-state index in [1.807, 2.05) is 19.9 Å². The highest BCUT2D eigenvalue weighted by Gasteiger charge is 2.28. The smallest absolute Gasteiger partial charge is 0.292 e. The molecule has 3 heterocycles. The first kappa shape index (κ1) is 20.9. The molecule has 2 N–H and O–H groups in total. The molecule has 0 radical (unpaired) electrons. The Labute approximate surface area is 187 Å². The van der Waals surface area contributed by atoms with Gasteiger partial charge in [-0.3, -0.25) is 14.6 Å². The minimum Gasteiger partial charge on any atom is -0.455 e. The van der Waals surface area contributed by atoms with Crippen molar-refractivity contribution in [3.05, 3.63) is 75.0 Å². The minimum absolute atomic E-state index is 0.227. The number of hydrogen-bond acceptors (Lipinski definition) is 6. The topological polar surface area (TPSA) is 109 Å². The van der Waals surface area contributed by atoms with Crippen LogP contribution >= 0.6 is 15.9 Å². The van der Waals surface area contributed by atoms with E-state index in [1.54, 1.807) is 24.5 Å². The number of hydrazone groups is 1. The molecule has 3 aromatic heterocycles. The Balaban J connectivity index is 1.57. The maximum Gasteiger partial charge on any atom is 0.292 e. The average molecular weight is 482 g/mol. The second-order valence-electron chi connectivity index (χ2n) is 7.27. The summed E-state index contributed by atoms with van der Waals surface area (Å²) < 4.78 is 6.59. The van der Waals surface area contributed by atoms with E-state index < -0.39 is 0 Å². The van der Waals surface area contributed by atoms with Gasteiger partial charge in [0.05, 0.1) is 11.3 Å². The van der Waals surface area contributed by atoms with Gasteiger partial charge in [0.15, 0.2) is 5.76 Å². The van der Waals surface area contributed by atoms with Gasteiger partial charge in [-0.05, 0) is 66.4 Å². The molecule has 0 spiro atoms. The minimum atomic E-state index is -0.367. The number of fused-ring (bicyclic) bond motifs is 1. The van der Waals surface area contributed by atoms with Crippen LogP contribution in [0.4, 0.5) is 5.82 Å². The predicted octanol–water partition coefficient (Wildman–Crippen LogP) is 4.17. The number of furan rings is 1. The number of nitrogens with zero attached hydrogens (tertiary/aromatic N) is 3. The van der Waals surface area contributed by atoms with Crippen molar-refractivity contribution in [1.82, 2.24) is 15.4 Å². The highest BCUT2D eigenvalue weighted by Crippen LogP contribution is 2.30. The number of aryl methyl sites for hydroxylation is 2. The Hall–Kier alpha value is -3.33. The first-order chi connectivity index (χ1) is 14.9. The summed E-state index contributed by atoms with van der Waals surface area (Å²) in [4.78, 5) is 33.3. The normalized spacial score (nSPS) is 14.2. The number of amides is 2. The molecule has 0 aliphatic heterocycles. The van der Waals surface area contributed by atoms with E-state index in [9.17, 15) is 9.59 Å². The fourth-order valence-electron chi connectivity index (χ4n) is 3.49. The lowest BCUT2D eigenvalue weighted by atomic mass is 9.93. The molecule has 31 heavy (non-hydrogen) atoms. The molecule has 2 amide bonds. The van der Waals surface area contributed by atoms with Gasteiger partial charge < -0.3 is 9.73 Å². The summed E-state index contributed by atoms with van der Waals surface area (Å²) in [5.74, 6) is 0.655. The zero-order valence-electron chi connectivity index (χ0n) is 17.0. The Morgan fingerprint density at radius 1 is 1.16 bits per heavy atom. The highest BCUT2D eigenvalue weighted by molar-refractivity contribution is 9.10. The SMILES string of the molecule is Cc1ccnc(NC(=O)c2oc3c(c2C)/C(=N/NC(=O)c2cncc(Br)c2)CCC3)c1. The molecule has 1 aliphatic carbocycles. The number of pyridine rings is 2. The largest absolute Gasteiger partial charge is 0.455 e. The molecule has 9 heteroatoms. The summed E-state index contributed by atoms with van der Waals surface area (Å²) >= 11 is 3.30. The lowest BCUT2D eigenvalue weighted by molar-refractivity contribution is 0.0953. The van der Waals surface area contributed by atoms with Gasteiger partial charge in [0.25, 0.3) is 11.8 Å². The zero-order chi connectivity index (χ0) is 22.0. The van der Waals surface area contributed by atoms with E-state index in [2.05, 4.69) is 41.7 Å². The summed E-state index contributed by atoms with van der Waals surface area (Å²) in [6.07, 6.45) is 6.90. The van der Waals surface area contributed by atoms with E-state index in [4.69, 9.17) is 4.42 Å². The van der Waals surface area contributed by atoms with Gasteiger partial charge in [-0.15, -0.1) is 0 Å². The summed E-state index contributed by atoms with van der Waals surface area (Å²) in [5.41, 5.74) is 6.13. The Morgan fingerprint density at radius 3 is 2.77 bits per heavy atom. The van der Waals surface area contributed by atoms with Crippen molar-refractivity contribution >= 4 is 39.3 Å². The third kappa shape index (κ3) is 4.56. The molecule has 0 saturated heterocycles. The monoisotopic (exact) mass is 481 g/mol. The molecular formula is C22H20BrN5O3. The van der Waals surface area contributed by atoms with Crippen LogP contribution in [0.5, 0.6) is 0 Å². The number of nitrogens with one attached hydrogen (secondary N) is 2. The maximum atomic E-state index is 12.8. The van der Waals surface area contributed by atoms with E-state index in [-0.39, 0.29) is 17.6 Å². The standard InChI is InChI=1S/C22H20BrN5O3/c1-12-6-7-25-18(8-12)26-22(30)20-13(2)19-16(4-3-5-17(19)31-20)27-28-21(29)14-9-15(23)11-24-10-14/h6-11H,3-5H2,1-2H3,(H,28,29)(H,25,26,30)/b27-16+. The van der Waals surface area contributed by atoms with Crippen LogP contribution in [0.15, 0.2) is 50.8 Å². The quantitative estimate of drug-likeness (QED) is 0.543. The van der Waals surface area contributed by atoms with Crippen molar-refractivity contribution in [2.45, 2.75) is 33.1 Å². The van der Waals surface area contributed by atoms with Crippen LogP contribution in [-0.4, -0.2) is 27.5 Å². The van der Waals surface area contributed by atoms with Crippen LogP contribution < -0.4 is 10.7 Å². The molecule has 158 valence electrons. The molecule has 0 bridgehead atoms. The van der Waals surface area contributed by atoms with E-state index in [0.29, 0.717) is 45.7 Å². The van der Waals surface area contributed by atoms with Crippen LogP contribution in [0.1, 0.15) is 56.2 Å². The average Bonchev–Trinajstić information content (AvgIpc) is 3.09. The number of hydrogen-bond donors (Lipinski definition) is 2. The summed E-state index contributed by atoms with van der Waals surface area (Å²) in [6.45, 7) is 3.75. The number of carbonyl (C=O) groups is 2. The number of carbonyl (C=O) groups excluding carboxylic acids is 2. The molecule has 0 unspecified atom stereocenters. The van der Waals surface area contributed by atoms with Gasteiger partial charge in [0.2, 0.25) is 0 Å². The molecule has 1 aliphatic rings. The number of halogens is 1.